The summed E-state index contributed by atoms with van der Waals surface area (Å²) in [4.78, 5) is 11.2. The molecule has 102 valence electrons. The fourth-order valence-electron chi connectivity index (χ4n) is 1.59. The van der Waals surface area contributed by atoms with Gasteiger partial charge in [-0.05, 0) is 6.42 Å². The molecule has 0 rings (SSSR count). The lowest BCUT2D eigenvalue weighted by Gasteiger charge is -2.12. The van der Waals surface area contributed by atoms with E-state index in [1.807, 2.05) is 0 Å². The molecule has 0 saturated heterocycles. The van der Waals surface area contributed by atoms with Crippen LogP contribution in [0.5, 0.6) is 0 Å². The SMILES string of the molecule is CCCCCCCCC(O)COC(=O)C(C)C. The van der Waals surface area contributed by atoms with Crippen molar-refractivity contribution in [2.45, 2.75) is 71.8 Å². The molecule has 0 amide bonds. The molecule has 3 heteroatoms. The van der Waals surface area contributed by atoms with Crippen molar-refractivity contribution in [1.82, 2.24) is 0 Å². The van der Waals surface area contributed by atoms with Gasteiger partial charge in [-0.2, -0.15) is 0 Å². The number of esters is 1. The van der Waals surface area contributed by atoms with Crippen LogP contribution in [0, 0.1) is 5.92 Å². The van der Waals surface area contributed by atoms with E-state index in [0.29, 0.717) is 0 Å². The summed E-state index contributed by atoms with van der Waals surface area (Å²) in [5.41, 5.74) is 0. The minimum atomic E-state index is -0.496. The van der Waals surface area contributed by atoms with Crippen LogP contribution in [0.4, 0.5) is 0 Å². The second-order valence-electron chi connectivity index (χ2n) is 5.00. The first-order valence-corrected chi connectivity index (χ1v) is 6.92. The van der Waals surface area contributed by atoms with Crippen LogP contribution in [-0.4, -0.2) is 23.8 Å². The topological polar surface area (TPSA) is 46.5 Å². The van der Waals surface area contributed by atoms with Crippen molar-refractivity contribution in [3.8, 4) is 0 Å². The number of hydrogen-bond donors (Lipinski definition) is 1. The number of rotatable bonds is 10. The second kappa shape index (κ2) is 10.6. The third kappa shape index (κ3) is 10.3. The Morgan fingerprint density at radius 1 is 1.12 bits per heavy atom. The first-order valence-electron chi connectivity index (χ1n) is 6.92. The molecule has 17 heavy (non-hydrogen) atoms. The van der Waals surface area contributed by atoms with E-state index in [1.165, 1.54) is 25.7 Å². The van der Waals surface area contributed by atoms with Crippen LogP contribution in [0.2, 0.25) is 0 Å². The van der Waals surface area contributed by atoms with E-state index in [2.05, 4.69) is 6.92 Å². The zero-order valence-corrected chi connectivity index (χ0v) is 11.6. The van der Waals surface area contributed by atoms with Crippen LogP contribution >= 0.6 is 0 Å². The molecule has 0 spiro atoms. The van der Waals surface area contributed by atoms with Crippen LogP contribution in [0.15, 0.2) is 0 Å². The van der Waals surface area contributed by atoms with Gasteiger partial charge < -0.3 is 9.84 Å². The van der Waals surface area contributed by atoms with Gasteiger partial charge in [0.05, 0.1) is 12.0 Å². The van der Waals surface area contributed by atoms with Crippen LogP contribution in [-0.2, 0) is 9.53 Å². The average Bonchev–Trinajstić information content (AvgIpc) is 2.30. The van der Waals surface area contributed by atoms with Gasteiger partial charge in [0, 0.05) is 0 Å². The lowest BCUT2D eigenvalue weighted by atomic mass is 10.1. The highest BCUT2D eigenvalue weighted by Crippen LogP contribution is 2.09. The standard InChI is InChI=1S/C14H28O3/c1-4-5-6-7-8-9-10-13(15)11-17-14(16)12(2)3/h12-13,15H,4-11H2,1-3H3. The third-order valence-corrected chi connectivity index (χ3v) is 2.78. The highest BCUT2D eigenvalue weighted by molar-refractivity contribution is 5.71. The van der Waals surface area contributed by atoms with E-state index in [1.54, 1.807) is 13.8 Å². The molecule has 0 fully saturated rings. The summed E-state index contributed by atoms with van der Waals surface area (Å²) in [5.74, 6) is -0.344. The van der Waals surface area contributed by atoms with E-state index in [4.69, 9.17) is 4.74 Å². The zero-order chi connectivity index (χ0) is 13.1. The molecule has 1 unspecified atom stereocenters. The first kappa shape index (κ1) is 16.4. The van der Waals surface area contributed by atoms with Crippen LogP contribution in [0.25, 0.3) is 0 Å². The zero-order valence-electron chi connectivity index (χ0n) is 11.6. The summed E-state index contributed by atoms with van der Waals surface area (Å²) in [5, 5.41) is 9.61. The summed E-state index contributed by atoms with van der Waals surface area (Å²) in [6.45, 7) is 5.93. The van der Waals surface area contributed by atoms with Crippen molar-refractivity contribution in [2.24, 2.45) is 5.92 Å². The molecular formula is C14H28O3. The van der Waals surface area contributed by atoms with Crippen molar-refractivity contribution in [2.75, 3.05) is 6.61 Å². The van der Waals surface area contributed by atoms with Gasteiger partial charge in [0.2, 0.25) is 0 Å². The van der Waals surface area contributed by atoms with Crippen LogP contribution in [0.1, 0.15) is 65.7 Å². The van der Waals surface area contributed by atoms with E-state index < -0.39 is 6.10 Å². The lowest BCUT2D eigenvalue weighted by Crippen LogP contribution is -2.21. The van der Waals surface area contributed by atoms with E-state index in [0.717, 1.165) is 19.3 Å². The summed E-state index contributed by atoms with van der Waals surface area (Å²) < 4.78 is 4.97. The molecule has 0 aromatic rings. The van der Waals surface area contributed by atoms with Gasteiger partial charge in [-0.1, -0.05) is 59.3 Å². The highest BCUT2D eigenvalue weighted by Gasteiger charge is 2.11. The summed E-state index contributed by atoms with van der Waals surface area (Å²) >= 11 is 0. The average molecular weight is 244 g/mol. The Bertz CT molecular complexity index is 190. The van der Waals surface area contributed by atoms with E-state index >= 15 is 0 Å². The second-order valence-corrected chi connectivity index (χ2v) is 5.00. The summed E-state index contributed by atoms with van der Waals surface area (Å²) in [6, 6.07) is 0. The largest absolute Gasteiger partial charge is 0.463 e. The number of aliphatic hydroxyl groups excluding tert-OH is 1. The van der Waals surface area contributed by atoms with Crippen LogP contribution in [0.3, 0.4) is 0 Å². The number of carbonyl (C=O) groups is 1. The monoisotopic (exact) mass is 244 g/mol. The molecule has 1 N–H and O–H groups in total. The van der Waals surface area contributed by atoms with E-state index in [9.17, 15) is 9.90 Å². The van der Waals surface area contributed by atoms with E-state index in [-0.39, 0.29) is 18.5 Å². The minimum absolute atomic E-state index is 0.115. The van der Waals surface area contributed by atoms with Gasteiger partial charge >= 0.3 is 5.97 Å². The Hall–Kier alpha value is -0.570. The quantitative estimate of drug-likeness (QED) is 0.474. The number of aliphatic hydroxyl groups is 1. The van der Waals surface area contributed by atoms with Gasteiger partial charge in [0.1, 0.15) is 6.61 Å². The Kier molecular flexibility index (Phi) is 10.2. The van der Waals surface area contributed by atoms with Gasteiger partial charge in [-0.3, -0.25) is 4.79 Å². The van der Waals surface area contributed by atoms with Crippen molar-refractivity contribution in [3.05, 3.63) is 0 Å². The Morgan fingerprint density at radius 2 is 1.71 bits per heavy atom. The van der Waals surface area contributed by atoms with Gasteiger partial charge in [-0.25, -0.2) is 0 Å². The Labute approximate surface area is 106 Å². The number of ether oxygens (including phenoxy) is 1. The van der Waals surface area contributed by atoms with Gasteiger partial charge in [-0.15, -0.1) is 0 Å². The molecule has 0 heterocycles. The molecule has 3 nitrogen and oxygen atoms in total. The van der Waals surface area contributed by atoms with Crippen molar-refractivity contribution >= 4 is 5.97 Å². The molecule has 0 aromatic heterocycles. The number of unbranched alkanes of at least 4 members (excludes halogenated alkanes) is 5. The predicted molar refractivity (Wildman–Crippen MR) is 69.8 cm³/mol. The maximum absolute atomic E-state index is 11.2. The molecule has 0 aliphatic rings. The maximum atomic E-state index is 11.2. The molecule has 0 aliphatic heterocycles. The number of hydrogen-bond acceptors (Lipinski definition) is 3. The molecule has 0 aromatic carbocycles. The summed E-state index contributed by atoms with van der Waals surface area (Å²) in [6.07, 6.45) is 7.50. The molecule has 0 saturated carbocycles. The smallest absolute Gasteiger partial charge is 0.308 e. The maximum Gasteiger partial charge on any atom is 0.308 e. The van der Waals surface area contributed by atoms with Crippen molar-refractivity contribution in [3.63, 3.8) is 0 Å². The predicted octanol–water partition coefficient (Wildman–Crippen LogP) is 3.30. The molecule has 0 bridgehead atoms. The normalized spacial score (nSPS) is 12.8. The molecular weight excluding hydrogens is 216 g/mol. The number of carbonyl (C=O) groups excluding carboxylic acids is 1. The third-order valence-electron chi connectivity index (χ3n) is 2.78. The van der Waals surface area contributed by atoms with Gasteiger partial charge in [0.25, 0.3) is 0 Å². The first-order chi connectivity index (χ1) is 8.07. The van der Waals surface area contributed by atoms with Crippen molar-refractivity contribution in [1.29, 1.82) is 0 Å². The fourth-order valence-corrected chi connectivity index (χ4v) is 1.59. The molecule has 0 radical (unpaired) electrons. The Balaban J connectivity index is 3.34. The summed E-state index contributed by atoms with van der Waals surface area (Å²) in [7, 11) is 0. The van der Waals surface area contributed by atoms with Crippen LogP contribution < -0.4 is 0 Å². The lowest BCUT2D eigenvalue weighted by molar-refractivity contribution is -0.150. The minimum Gasteiger partial charge on any atom is -0.463 e. The Morgan fingerprint density at radius 3 is 2.29 bits per heavy atom. The highest BCUT2D eigenvalue weighted by atomic mass is 16.5. The van der Waals surface area contributed by atoms with Crippen molar-refractivity contribution < 1.29 is 14.6 Å². The molecule has 0 aliphatic carbocycles. The molecule has 1 atom stereocenters. The van der Waals surface area contributed by atoms with Gasteiger partial charge in [0.15, 0.2) is 0 Å². The fraction of sp³-hybridized carbons (Fsp3) is 0.929.